The van der Waals surface area contributed by atoms with Crippen LogP contribution in [0.2, 0.25) is 0 Å². The molecule has 12 nitrogen and oxygen atoms in total. The van der Waals surface area contributed by atoms with Gasteiger partial charge in [-0.25, -0.2) is 24.0 Å². The van der Waals surface area contributed by atoms with Crippen LogP contribution in [-0.4, -0.2) is 80.3 Å². The van der Waals surface area contributed by atoms with Crippen LogP contribution in [0.1, 0.15) is 89.0 Å². The number of ether oxygens (including phenoxy) is 4. The molecule has 0 aliphatic heterocycles. The third kappa shape index (κ3) is 42.3. The molecule has 0 aromatic rings. The van der Waals surface area contributed by atoms with Crippen molar-refractivity contribution in [1.29, 1.82) is 0 Å². The Kier molecular flexibility index (Phi) is 29.6. The van der Waals surface area contributed by atoms with Gasteiger partial charge in [-0.05, 0) is 62.3 Å². The van der Waals surface area contributed by atoms with Crippen molar-refractivity contribution in [2.24, 2.45) is 0 Å². The summed E-state index contributed by atoms with van der Waals surface area (Å²) >= 11 is 0. The summed E-state index contributed by atoms with van der Waals surface area (Å²) < 4.78 is 19.0. The topological polar surface area (TPSA) is 183 Å². The second-order valence-corrected chi connectivity index (χ2v) is 11.5. The molecule has 0 amide bonds. The predicted molar refractivity (Wildman–Crippen MR) is 178 cm³/mol. The standard InChI is InChI=1S/C12H18O4.C9H16O3.C6H6O3.C6H14O2.CH4/c1-6-10(13)15-9(3)8-12(4,5)16-11(14)7-2;1-5-8(10)12-7(2)6-9(3,4)11;1-3-5(7)9-6(8)4-2;1-5(7)4-6(2,3)8;/h6-7,9H,1-2,8H2,3-5H3;5,7,11H,1,6H2,2-4H3;3-4H,1-2H2;5,7-8H,4H2,1-3H3;1H4. The van der Waals surface area contributed by atoms with Gasteiger partial charge in [0, 0.05) is 49.6 Å². The summed E-state index contributed by atoms with van der Waals surface area (Å²) in [5.41, 5.74) is -2.23. The third-order valence-electron chi connectivity index (χ3n) is 4.41. The van der Waals surface area contributed by atoms with Crippen molar-refractivity contribution < 1.29 is 58.2 Å². The number of rotatable bonds is 14. The van der Waals surface area contributed by atoms with Crippen LogP contribution >= 0.6 is 0 Å². The van der Waals surface area contributed by atoms with E-state index in [4.69, 9.17) is 24.4 Å². The van der Waals surface area contributed by atoms with Crippen LogP contribution in [0.3, 0.4) is 0 Å². The molecule has 0 aromatic heterocycles. The predicted octanol–water partition coefficient (Wildman–Crippen LogP) is 4.86. The van der Waals surface area contributed by atoms with Crippen LogP contribution in [0.5, 0.6) is 0 Å². The smallest absolute Gasteiger partial charge is 0.338 e. The van der Waals surface area contributed by atoms with Gasteiger partial charge in [0.15, 0.2) is 0 Å². The number of aliphatic hydroxyl groups is 3. The average molecular weight is 659 g/mol. The minimum absolute atomic E-state index is 0. The van der Waals surface area contributed by atoms with Crippen molar-refractivity contribution in [1.82, 2.24) is 0 Å². The molecule has 0 rings (SSSR count). The van der Waals surface area contributed by atoms with Gasteiger partial charge >= 0.3 is 29.8 Å². The third-order valence-corrected chi connectivity index (χ3v) is 4.41. The van der Waals surface area contributed by atoms with E-state index in [0.29, 0.717) is 19.3 Å². The molecular formula is C34H58O12. The maximum atomic E-state index is 11.0. The van der Waals surface area contributed by atoms with E-state index in [1.807, 2.05) is 0 Å². The summed E-state index contributed by atoms with van der Waals surface area (Å²) in [6.45, 7) is 31.4. The fourth-order valence-electron chi connectivity index (χ4n) is 3.23. The number of carbonyl (C=O) groups excluding carboxylic acids is 5. The highest BCUT2D eigenvalue weighted by Crippen LogP contribution is 2.19. The Morgan fingerprint density at radius 3 is 1.13 bits per heavy atom. The summed E-state index contributed by atoms with van der Waals surface area (Å²) in [6.07, 6.45) is 5.35. The molecule has 0 spiro atoms. The highest BCUT2D eigenvalue weighted by atomic mass is 16.6. The Bertz CT molecular complexity index is 961. The van der Waals surface area contributed by atoms with E-state index in [0.717, 1.165) is 30.4 Å². The van der Waals surface area contributed by atoms with Crippen LogP contribution in [0.15, 0.2) is 63.3 Å². The largest absolute Gasteiger partial charge is 0.459 e. The molecule has 0 saturated heterocycles. The number of hydrogen-bond donors (Lipinski definition) is 3. The van der Waals surface area contributed by atoms with Gasteiger partial charge in [0.1, 0.15) is 17.8 Å². The van der Waals surface area contributed by atoms with E-state index in [2.05, 4.69) is 37.6 Å². The van der Waals surface area contributed by atoms with Gasteiger partial charge in [-0.15, -0.1) is 0 Å². The van der Waals surface area contributed by atoms with Crippen molar-refractivity contribution in [3.63, 3.8) is 0 Å². The summed E-state index contributed by atoms with van der Waals surface area (Å²) in [6, 6.07) is 0. The van der Waals surface area contributed by atoms with Crippen molar-refractivity contribution in [3.8, 4) is 0 Å². The zero-order valence-electron chi connectivity index (χ0n) is 28.3. The van der Waals surface area contributed by atoms with Crippen LogP contribution in [0, 0.1) is 0 Å². The zero-order chi connectivity index (χ0) is 36.6. The van der Waals surface area contributed by atoms with Gasteiger partial charge in [-0.1, -0.05) is 40.3 Å². The fourth-order valence-corrected chi connectivity index (χ4v) is 3.23. The molecule has 0 fully saturated rings. The van der Waals surface area contributed by atoms with Gasteiger partial charge in [0.2, 0.25) is 0 Å². The van der Waals surface area contributed by atoms with Crippen LogP contribution in [-0.2, 0) is 42.9 Å². The SMILES string of the molecule is C.C=CC(=O)OC(=O)C=C.C=CC(=O)OC(C)CC(C)(C)O.C=CC(=O)OC(C)CC(C)(C)OC(=O)C=C.CC(O)CC(C)(C)O. The van der Waals surface area contributed by atoms with Crippen LogP contribution in [0.25, 0.3) is 0 Å². The van der Waals surface area contributed by atoms with Crippen LogP contribution in [0.4, 0.5) is 0 Å². The fraction of sp³-hybridized carbons (Fsp3) is 0.559. The zero-order valence-corrected chi connectivity index (χ0v) is 28.3. The lowest BCUT2D eigenvalue weighted by Gasteiger charge is -2.27. The lowest BCUT2D eigenvalue weighted by atomic mass is 10.0. The first-order valence-corrected chi connectivity index (χ1v) is 13.9. The van der Waals surface area contributed by atoms with E-state index < -0.39 is 52.8 Å². The van der Waals surface area contributed by atoms with Crippen molar-refractivity contribution in [2.75, 3.05) is 0 Å². The van der Waals surface area contributed by atoms with Gasteiger partial charge in [-0.2, -0.15) is 0 Å². The summed E-state index contributed by atoms with van der Waals surface area (Å²) in [4.78, 5) is 53.0. The molecule has 0 aromatic carbocycles. The maximum Gasteiger partial charge on any atom is 0.338 e. The normalized spacial score (nSPS) is 12.2. The second kappa shape index (κ2) is 26.4. The Morgan fingerprint density at radius 1 is 0.587 bits per heavy atom. The van der Waals surface area contributed by atoms with E-state index >= 15 is 0 Å². The molecule has 3 N–H and O–H groups in total. The minimum atomic E-state index is -0.805. The van der Waals surface area contributed by atoms with E-state index in [1.165, 1.54) is 0 Å². The van der Waals surface area contributed by atoms with E-state index in [1.54, 1.807) is 62.3 Å². The first kappa shape index (κ1) is 51.7. The molecule has 3 atom stereocenters. The molecule has 0 bridgehead atoms. The molecule has 0 saturated carbocycles. The monoisotopic (exact) mass is 658 g/mol. The van der Waals surface area contributed by atoms with E-state index in [-0.39, 0.29) is 19.6 Å². The summed E-state index contributed by atoms with van der Waals surface area (Å²) in [5.74, 6) is -2.96. The Hall–Kier alpha value is -3.87. The first-order chi connectivity index (χ1) is 20.3. The Balaban J connectivity index is -0.000000167. The molecule has 0 aliphatic carbocycles. The average Bonchev–Trinajstić information content (AvgIpc) is 2.85. The van der Waals surface area contributed by atoms with Crippen molar-refractivity contribution in [2.45, 2.75) is 124 Å². The molecule has 0 aliphatic rings. The highest BCUT2D eigenvalue weighted by molar-refractivity contribution is 5.95. The number of esters is 5. The lowest BCUT2D eigenvalue weighted by Crippen LogP contribution is -2.32. The molecule has 3 unspecified atom stereocenters. The highest BCUT2D eigenvalue weighted by Gasteiger charge is 2.26. The molecule has 46 heavy (non-hydrogen) atoms. The molecule has 0 heterocycles. The molecule has 12 heteroatoms. The number of aliphatic hydroxyl groups excluding tert-OH is 1. The van der Waals surface area contributed by atoms with Gasteiger partial charge < -0.3 is 34.3 Å². The number of carbonyl (C=O) groups is 5. The van der Waals surface area contributed by atoms with E-state index in [9.17, 15) is 29.1 Å². The minimum Gasteiger partial charge on any atom is -0.459 e. The summed E-state index contributed by atoms with van der Waals surface area (Å²) in [7, 11) is 0. The van der Waals surface area contributed by atoms with Gasteiger partial charge in [0.25, 0.3) is 0 Å². The Morgan fingerprint density at radius 2 is 0.891 bits per heavy atom. The number of hydrogen-bond acceptors (Lipinski definition) is 12. The van der Waals surface area contributed by atoms with Crippen LogP contribution < -0.4 is 0 Å². The van der Waals surface area contributed by atoms with Crippen molar-refractivity contribution >= 4 is 29.8 Å². The first-order valence-electron chi connectivity index (χ1n) is 13.9. The second-order valence-electron chi connectivity index (χ2n) is 11.5. The maximum absolute atomic E-state index is 11.0. The van der Waals surface area contributed by atoms with Gasteiger partial charge in [0.05, 0.1) is 17.3 Å². The van der Waals surface area contributed by atoms with Crippen molar-refractivity contribution in [3.05, 3.63) is 63.3 Å². The molecule has 0 radical (unpaired) electrons. The summed E-state index contributed by atoms with van der Waals surface area (Å²) in [5, 5.41) is 27.1. The Labute approximate surface area is 275 Å². The van der Waals surface area contributed by atoms with Gasteiger partial charge in [-0.3, -0.25) is 0 Å². The molecular weight excluding hydrogens is 600 g/mol. The molecule has 266 valence electrons. The lowest BCUT2D eigenvalue weighted by molar-refractivity contribution is -0.156. The quantitative estimate of drug-likeness (QED) is 0.0999.